The van der Waals surface area contributed by atoms with Crippen LogP contribution in [-0.2, 0) is 32.3 Å². The molecule has 1 N–H and O–H groups in total. The maximum atomic E-state index is 14.1. The normalized spacial score (nSPS) is 13.2. The van der Waals surface area contributed by atoms with Crippen LogP contribution in [0.15, 0.2) is 71.6 Å². The van der Waals surface area contributed by atoms with Gasteiger partial charge in [-0.2, -0.15) is 13.2 Å². The first-order valence-corrected chi connectivity index (χ1v) is 15.7. The Kier molecular flexibility index (Phi) is 11.4. The molecule has 7 nitrogen and oxygen atoms in total. The highest BCUT2D eigenvalue weighted by Gasteiger charge is 2.37. The Labute approximate surface area is 259 Å². The van der Waals surface area contributed by atoms with Gasteiger partial charge in [-0.1, -0.05) is 55.3 Å². The van der Waals surface area contributed by atoms with Crippen molar-refractivity contribution >= 4 is 39.1 Å². The van der Waals surface area contributed by atoms with Crippen LogP contribution in [0.5, 0.6) is 0 Å². The molecule has 0 aliphatic carbocycles. The van der Waals surface area contributed by atoms with Crippen molar-refractivity contribution < 1.29 is 35.6 Å². The average Bonchev–Trinajstić information content (AvgIpc) is 2.96. The van der Waals surface area contributed by atoms with Gasteiger partial charge in [0.25, 0.3) is 10.0 Å². The molecule has 0 saturated heterocycles. The van der Waals surface area contributed by atoms with E-state index in [1.807, 2.05) is 6.92 Å². The Morgan fingerprint density at radius 3 is 2.11 bits per heavy atom. The predicted molar refractivity (Wildman–Crippen MR) is 161 cm³/mol. The molecule has 0 fully saturated rings. The van der Waals surface area contributed by atoms with Crippen LogP contribution in [0.4, 0.5) is 23.2 Å². The molecule has 0 aliphatic heterocycles. The molecule has 0 spiro atoms. The second-order valence-corrected chi connectivity index (χ2v) is 12.6. The standard InChI is InChI=1S/C31H34ClF4N3O4S/c1-5-21(4)37-30(41)28(6-2)38(18-22-9-11-23(33)12-10-22)29(40)19-39(44(42,43)25-14-7-20(3)8-15-25)24-13-16-27(32)26(17-24)31(34,35)36/h7-17,21,28H,5-6,18-19H2,1-4H3,(H,37,41)/t21-,28+/m1/s1. The molecule has 0 radical (unpaired) electrons. The predicted octanol–water partition coefficient (Wildman–Crippen LogP) is 6.72. The largest absolute Gasteiger partial charge is 0.417 e. The smallest absolute Gasteiger partial charge is 0.352 e. The topological polar surface area (TPSA) is 86.8 Å². The molecular weight excluding hydrogens is 622 g/mol. The minimum atomic E-state index is -4.91. The molecule has 2 atom stereocenters. The van der Waals surface area contributed by atoms with Crippen LogP contribution in [0.3, 0.4) is 0 Å². The first kappa shape index (κ1) is 34.8. The van der Waals surface area contributed by atoms with Gasteiger partial charge in [0.15, 0.2) is 0 Å². The Morgan fingerprint density at radius 1 is 0.955 bits per heavy atom. The van der Waals surface area contributed by atoms with Crippen LogP contribution >= 0.6 is 11.6 Å². The number of carbonyl (C=O) groups excluding carboxylic acids is 2. The van der Waals surface area contributed by atoms with E-state index in [1.165, 1.54) is 48.5 Å². The quantitative estimate of drug-likeness (QED) is 0.220. The van der Waals surface area contributed by atoms with E-state index in [9.17, 15) is 35.6 Å². The zero-order chi connectivity index (χ0) is 32.8. The molecule has 0 aromatic heterocycles. The van der Waals surface area contributed by atoms with Crippen molar-refractivity contribution in [2.75, 3.05) is 10.8 Å². The summed E-state index contributed by atoms with van der Waals surface area (Å²) in [5, 5.41) is 2.18. The van der Waals surface area contributed by atoms with Crippen molar-refractivity contribution in [3.63, 3.8) is 0 Å². The van der Waals surface area contributed by atoms with Crippen LogP contribution in [-0.4, -0.2) is 43.8 Å². The first-order valence-electron chi connectivity index (χ1n) is 13.9. The summed E-state index contributed by atoms with van der Waals surface area (Å²) in [6, 6.07) is 12.1. The summed E-state index contributed by atoms with van der Waals surface area (Å²) in [5.41, 5.74) is -0.542. The van der Waals surface area contributed by atoms with E-state index in [2.05, 4.69) is 5.32 Å². The van der Waals surface area contributed by atoms with Gasteiger partial charge in [-0.15, -0.1) is 0 Å². The number of anilines is 1. The summed E-state index contributed by atoms with van der Waals surface area (Å²) in [5.74, 6) is -1.87. The molecule has 0 saturated carbocycles. The molecule has 13 heteroatoms. The summed E-state index contributed by atoms with van der Waals surface area (Å²) in [4.78, 5) is 28.3. The highest BCUT2D eigenvalue weighted by atomic mass is 35.5. The number of benzene rings is 3. The molecule has 0 heterocycles. The summed E-state index contributed by atoms with van der Waals surface area (Å²) < 4.78 is 83.4. The molecule has 3 rings (SSSR count). The number of carbonyl (C=O) groups is 2. The lowest BCUT2D eigenvalue weighted by Gasteiger charge is -2.34. The van der Waals surface area contributed by atoms with Crippen molar-refractivity contribution in [2.45, 2.75) is 70.2 Å². The van der Waals surface area contributed by atoms with Crippen molar-refractivity contribution in [1.82, 2.24) is 10.2 Å². The molecule has 238 valence electrons. The Bertz CT molecular complexity index is 1570. The Morgan fingerprint density at radius 2 is 1.57 bits per heavy atom. The van der Waals surface area contributed by atoms with Gasteiger partial charge in [-0.25, -0.2) is 12.8 Å². The lowest BCUT2D eigenvalue weighted by Crippen LogP contribution is -2.53. The third kappa shape index (κ3) is 8.50. The number of alkyl halides is 3. The van der Waals surface area contributed by atoms with Gasteiger partial charge in [0, 0.05) is 12.6 Å². The maximum absolute atomic E-state index is 14.1. The SMILES string of the molecule is CC[C@@H](C)NC(=O)[C@H](CC)N(Cc1ccc(F)cc1)C(=O)CN(c1ccc(Cl)c(C(F)(F)F)c1)S(=O)(=O)c1ccc(C)cc1. The third-order valence-electron chi connectivity index (χ3n) is 7.08. The Hall–Kier alpha value is -3.64. The van der Waals surface area contributed by atoms with E-state index >= 15 is 0 Å². The minimum Gasteiger partial charge on any atom is -0.352 e. The fourth-order valence-corrected chi connectivity index (χ4v) is 6.03. The van der Waals surface area contributed by atoms with Crippen molar-refractivity contribution in [1.29, 1.82) is 0 Å². The van der Waals surface area contributed by atoms with E-state index < -0.39 is 62.7 Å². The molecule has 0 bridgehead atoms. The molecular formula is C31H34ClF4N3O4S. The lowest BCUT2D eigenvalue weighted by molar-refractivity contribution is -0.140. The molecule has 0 unspecified atom stereocenters. The van der Waals surface area contributed by atoms with E-state index in [0.717, 1.165) is 22.6 Å². The third-order valence-corrected chi connectivity index (χ3v) is 9.20. The lowest BCUT2D eigenvalue weighted by atomic mass is 10.1. The number of rotatable bonds is 12. The van der Waals surface area contributed by atoms with E-state index in [-0.39, 0.29) is 23.9 Å². The zero-order valence-corrected chi connectivity index (χ0v) is 26.2. The van der Waals surface area contributed by atoms with Crippen molar-refractivity contribution in [3.8, 4) is 0 Å². The molecule has 3 aromatic carbocycles. The van der Waals surface area contributed by atoms with Gasteiger partial charge in [0.05, 0.1) is 21.2 Å². The number of aryl methyl sites for hydroxylation is 1. The van der Waals surface area contributed by atoms with Crippen molar-refractivity contribution in [3.05, 3.63) is 94.3 Å². The summed E-state index contributed by atoms with van der Waals surface area (Å²) in [6.07, 6.45) is -4.17. The summed E-state index contributed by atoms with van der Waals surface area (Å²) in [6.45, 7) is 5.91. The maximum Gasteiger partial charge on any atom is 0.417 e. The number of sulfonamides is 1. The minimum absolute atomic E-state index is 0.138. The van der Waals surface area contributed by atoms with Crippen LogP contribution < -0.4 is 9.62 Å². The summed E-state index contributed by atoms with van der Waals surface area (Å²) >= 11 is 5.81. The summed E-state index contributed by atoms with van der Waals surface area (Å²) in [7, 11) is -4.60. The van der Waals surface area contributed by atoms with Gasteiger partial charge >= 0.3 is 6.18 Å². The molecule has 44 heavy (non-hydrogen) atoms. The Balaban J connectivity index is 2.15. The molecule has 0 aliphatic rings. The number of halogens is 5. The molecule has 2 amide bonds. The number of hydrogen-bond acceptors (Lipinski definition) is 4. The first-order chi connectivity index (χ1) is 20.6. The van der Waals surface area contributed by atoms with E-state index in [1.54, 1.807) is 20.8 Å². The average molecular weight is 656 g/mol. The van der Waals surface area contributed by atoms with Crippen LogP contribution in [0.2, 0.25) is 5.02 Å². The highest BCUT2D eigenvalue weighted by Crippen LogP contribution is 2.38. The second kappa shape index (κ2) is 14.4. The van der Waals surface area contributed by atoms with Gasteiger partial charge < -0.3 is 10.2 Å². The number of amides is 2. The second-order valence-electron chi connectivity index (χ2n) is 10.4. The van der Waals surface area contributed by atoms with Gasteiger partial charge in [0.1, 0.15) is 18.4 Å². The van der Waals surface area contributed by atoms with Crippen molar-refractivity contribution in [2.24, 2.45) is 0 Å². The van der Waals surface area contributed by atoms with Crippen LogP contribution in [0.1, 0.15) is 50.3 Å². The monoisotopic (exact) mass is 655 g/mol. The fraction of sp³-hybridized carbons (Fsp3) is 0.355. The van der Waals surface area contributed by atoms with Gasteiger partial charge in [0.2, 0.25) is 11.8 Å². The number of nitrogens with one attached hydrogen (secondary N) is 1. The molecule has 3 aromatic rings. The van der Waals surface area contributed by atoms with E-state index in [4.69, 9.17) is 11.6 Å². The fourth-order valence-electron chi connectivity index (χ4n) is 4.40. The number of nitrogens with zero attached hydrogens (tertiary/aromatic N) is 2. The van der Waals surface area contributed by atoms with Crippen LogP contribution in [0, 0.1) is 12.7 Å². The van der Waals surface area contributed by atoms with Crippen LogP contribution in [0.25, 0.3) is 0 Å². The van der Waals surface area contributed by atoms with Gasteiger partial charge in [-0.3, -0.25) is 13.9 Å². The zero-order valence-electron chi connectivity index (χ0n) is 24.7. The number of hydrogen-bond donors (Lipinski definition) is 1. The van der Waals surface area contributed by atoms with Gasteiger partial charge in [-0.05, 0) is 74.7 Å². The van der Waals surface area contributed by atoms with E-state index in [0.29, 0.717) is 22.4 Å². The highest BCUT2D eigenvalue weighted by molar-refractivity contribution is 7.92.